The van der Waals surface area contributed by atoms with Crippen molar-refractivity contribution in [3.63, 3.8) is 0 Å². The highest BCUT2D eigenvalue weighted by Crippen LogP contribution is 2.24. The summed E-state index contributed by atoms with van der Waals surface area (Å²) >= 11 is 0. The second-order valence-electron chi connectivity index (χ2n) is 3.09. The third-order valence-corrected chi connectivity index (χ3v) is 2.35. The average molecular weight is 146 g/mol. The molecule has 2 rings (SSSR count). The summed E-state index contributed by atoms with van der Waals surface area (Å²) in [5.41, 5.74) is 1.34. The molecule has 0 spiro atoms. The number of anilines is 1. The van der Waals surface area contributed by atoms with Crippen molar-refractivity contribution in [3.8, 4) is 0 Å². The van der Waals surface area contributed by atoms with E-state index in [1.807, 2.05) is 12.1 Å². The van der Waals surface area contributed by atoms with Gasteiger partial charge in [0.1, 0.15) is 0 Å². The van der Waals surface area contributed by atoms with Gasteiger partial charge in [0.15, 0.2) is 0 Å². The molecule has 1 heteroatoms. The lowest BCUT2D eigenvalue weighted by molar-refractivity contribution is 0.481. The molecule has 0 aliphatic carbocycles. The number of hydrogen-bond acceptors (Lipinski definition) is 1. The molecule has 0 N–H and O–H groups in total. The molecule has 1 atom stereocenters. The Hall–Kier alpha value is -0.980. The van der Waals surface area contributed by atoms with E-state index >= 15 is 0 Å². The van der Waals surface area contributed by atoms with Crippen molar-refractivity contribution in [3.05, 3.63) is 30.3 Å². The van der Waals surface area contributed by atoms with E-state index in [0.29, 0.717) is 0 Å². The van der Waals surface area contributed by atoms with E-state index in [0.717, 1.165) is 6.04 Å². The van der Waals surface area contributed by atoms with E-state index in [4.69, 9.17) is 0 Å². The maximum absolute atomic E-state index is 3.02. The first-order valence-electron chi connectivity index (χ1n) is 4.10. The maximum Gasteiger partial charge on any atom is 0.0369 e. The minimum atomic E-state index is 0.734. The molecule has 1 aromatic carbocycles. The first kappa shape index (κ1) is 6.71. The topological polar surface area (TPSA) is 3.24 Å². The molecule has 1 heterocycles. The van der Waals surface area contributed by atoms with Crippen molar-refractivity contribution in [2.45, 2.75) is 19.4 Å². The van der Waals surface area contributed by atoms with E-state index in [2.05, 4.69) is 30.0 Å². The minimum Gasteiger partial charge on any atom is -0.369 e. The van der Waals surface area contributed by atoms with Crippen molar-refractivity contribution < 1.29 is 0 Å². The van der Waals surface area contributed by atoms with Crippen molar-refractivity contribution in [1.29, 1.82) is 0 Å². The molecule has 0 unspecified atom stereocenters. The van der Waals surface area contributed by atoms with Crippen LogP contribution in [0.4, 0.5) is 5.69 Å². The zero-order chi connectivity index (χ0) is 7.68. The molecule has 0 amide bonds. The van der Waals surface area contributed by atoms with Crippen molar-refractivity contribution in [2.75, 3.05) is 11.4 Å². The van der Waals surface area contributed by atoms with Crippen LogP contribution in [0.15, 0.2) is 24.3 Å². The molecule has 11 heavy (non-hydrogen) atoms. The molecule has 57 valence electrons. The summed E-state index contributed by atoms with van der Waals surface area (Å²) in [5.74, 6) is 0. The average Bonchev–Trinajstić information content (AvgIpc) is 2.04. The van der Waals surface area contributed by atoms with Gasteiger partial charge in [-0.3, -0.25) is 0 Å². The Morgan fingerprint density at radius 3 is 2.64 bits per heavy atom. The Morgan fingerprint density at radius 1 is 1.45 bits per heavy atom. The van der Waals surface area contributed by atoms with Crippen molar-refractivity contribution in [2.24, 2.45) is 0 Å². The Balaban J connectivity index is 2.17. The highest BCUT2D eigenvalue weighted by atomic mass is 15.2. The lowest BCUT2D eigenvalue weighted by Crippen LogP contribution is -2.45. The third-order valence-electron chi connectivity index (χ3n) is 2.35. The molecule has 1 nitrogen and oxygen atoms in total. The van der Waals surface area contributed by atoms with Crippen LogP contribution < -0.4 is 4.90 Å². The number of rotatable bonds is 1. The number of benzene rings is 1. The second-order valence-corrected chi connectivity index (χ2v) is 3.09. The summed E-state index contributed by atoms with van der Waals surface area (Å²) < 4.78 is 0. The fourth-order valence-electron chi connectivity index (χ4n) is 1.47. The number of nitrogens with zero attached hydrogens (tertiary/aromatic N) is 1. The Bertz CT molecular complexity index is 230. The first-order chi connectivity index (χ1) is 5.38. The Kier molecular flexibility index (Phi) is 1.57. The summed E-state index contributed by atoms with van der Waals surface area (Å²) in [4.78, 5) is 2.41. The third kappa shape index (κ3) is 1.11. The molecular weight excluding hydrogens is 134 g/mol. The molecule has 1 fully saturated rings. The van der Waals surface area contributed by atoms with Crippen molar-refractivity contribution >= 4 is 5.69 Å². The fraction of sp³-hybridized carbons (Fsp3) is 0.400. The second kappa shape index (κ2) is 2.57. The normalized spacial score (nSPS) is 23.0. The fourth-order valence-corrected chi connectivity index (χ4v) is 1.47. The molecule has 1 aliphatic heterocycles. The van der Waals surface area contributed by atoms with Crippen LogP contribution in [0.25, 0.3) is 0 Å². The molecule has 1 radical (unpaired) electrons. The summed E-state index contributed by atoms with van der Waals surface area (Å²) in [5, 5.41) is 0. The SMILES string of the molecule is C[C@@H]1CCN1c1cc[c]cc1. The van der Waals surface area contributed by atoms with Crippen LogP contribution in [0.1, 0.15) is 13.3 Å². The summed E-state index contributed by atoms with van der Waals surface area (Å²) in [7, 11) is 0. The van der Waals surface area contributed by atoms with Gasteiger partial charge in [-0.1, -0.05) is 12.1 Å². The number of hydrogen-bond donors (Lipinski definition) is 0. The zero-order valence-corrected chi connectivity index (χ0v) is 6.75. The first-order valence-corrected chi connectivity index (χ1v) is 4.10. The molecule has 0 saturated carbocycles. The molecule has 1 saturated heterocycles. The van der Waals surface area contributed by atoms with E-state index < -0.39 is 0 Å². The maximum atomic E-state index is 3.02. The van der Waals surface area contributed by atoms with Gasteiger partial charge in [0.05, 0.1) is 0 Å². The molecular formula is C10H12N. The van der Waals surface area contributed by atoms with Gasteiger partial charge in [-0.05, 0) is 31.5 Å². The van der Waals surface area contributed by atoms with E-state index in [1.165, 1.54) is 18.7 Å². The van der Waals surface area contributed by atoms with E-state index in [1.54, 1.807) is 0 Å². The van der Waals surface area contributed by atoms with Crippen LogP contribution in [0.2, 0.25) is 0 Å². The van der Waals surface area contributed by atoms with Gasteiger partial charge in [0.2, 0.25) is 0 Å². The minimum absolute atomic E-state index is 0.734. The largest absolute Gasteiger partial charge is 0.369 e. The summed E-state index contributed by atoms with van der Waals surface area (Å²) in [6.45, 7) is 3.48. The Morgan fingerprint density at radius 2 is 2.18 bits per heavy atom. The molecule has 0 bridgehead atoms. The van der Waals surface area contributed by atoms with E-state index in [-0.39, 0.29) is 0 Å². The van der Waals surface area contributed by atoms with Gasteiger partial charge in [-0.25, -0.2) is 0 Å². The predicted molar refractivity (Wildman–Crippen MR) is 46.7 cm³/mol. The zero-order valence-electron chi connectivity index (χ0n) is 6.75. The van der Waals surface area contributed by atoms with E-state index in [9.17, 15) is 0 Å². The molecule has 1 aromatic rings. The van der Waals surface area contributed by atoms with Crippen LogP contribution in [0.5, 0.6) is 0 Å². The standard InChI is InChI=1S/C10H12N/c1-9-7-8-11(9)10-5-3-2-4-6-10/h3-6,9H,7-8H2,1H3/t9-/m1/s1. The molecule has 0 aromatic heterocycles. The predicted octanol–water partition coefficient (Wildman–Crippen LogP) is 2.09. The van der Waals surface area contributed by atoms with Gasteiger partial charge < -0.3 is 4.90 Å². The lowest BCUT2D eigenvalue weighted by Gasteiger charge is -2.40. The van der Waals surface area contributed by atoms with Crippen molar-refractivity contribution in [1.82, 2.24) is 0 Å². The van der Waals surface area contributed by atoms with Crippen LogP contribution in [0, 0.1) is 6.07 Å². The highest BCUT2D eigenvalue weighted by Gasteiger charge is 2.22. The van der Waals surface area contributed by atoms with Gasteiger partial charge in [-0.15, -0.1) is 0 Å². The monoisotopic (exact) mass is 146 g/mol. The lowest BCUT2D eigenvalue weighted by atomic mass is 10.0. The van der Waals surface area contributed by atoms with Gasteiger partial charge in [0.25, 0.3) is 0 Å². The van der Waals surface area contributed by atoms with Crippen LogP contribution in [-0.4, -0.2) is 12.6 Å². The van der Waals surface area contributed by atoms with Gasteiger partial charge in [-0.2, -0.15) is 0 Å². The van der Waals surface area contributed by atoms with Gasteiger partial charge >= 0.3 is 0 Å². The summed E-state index contributed by atoms with van der Waals surface area (Å²) in [6, 6.07) is 11.9. The van der Waals surface area contributed by atoms with Gasteiger partial charge in [0, 0.05) is 18.3 Å². The Labute approximate surface area is 67.6 Å². The van der Waals surface area contributed by atoms with Crippen LogP contribution in [-0.2, 0) is 0 Å². The highest BCUT2D eigenvalue weighted by molar-refractivity contribution is 5.48. The quantitative estimate of drug-likeness (QED) is 0.586. The summed E-state index contributed by atoms with van der Waals surface area (Å²) in [6.07, 6.45) is 1.33. The molecule has 1 aliphatic rings. The van der Waals surface area contributed by atoms with Crippen LogP contribution >= 0.6 is 0 Å². The van der Waals surface area contributed by atoms with Crippen LogP contribution in [0.3, 0.4) is 0 Å². The smallest absolute Gasteiger partial charge is 0.0369 e.